The molecule has 0 aliphatic carbocycles. The Hall–Kier alpha value is -1.91. The van der Waals surface area contributed by atoms with Crippen LogP contribution in [0.25, 0.3) is 5.69 Å². The highest BCUT2D eigenvalue weighted by Crippen LogP contribution is 2.21. The van der Waals surface area contributed by atoms with Crippen molar-refractivity contribution in [2.45, 2.75) is 12.5 Å². The molecule has 4 heteroatoms. The first-order chi connectivity index (χ1) is 10.2. The number of benzene rings is 2. The Morgan fingerprint density at radius 3 is 2.62 bits per heavy atom. The predicted molar refractivity (Wildman–Crippen MR) is 88.3 cm³/mol. The first-order valence-corrected chi connectivity index (χ1v) is 7.63. The summed E-state index contributed by atoms with van der Waals surface area (Å²) >= 11 is 3.49. The molecule has 0 saturated heterocycles. The van der Waals surface area contributed by atoms with E-state index in [0.717, 1.165) is 22.3 Å². The van der Waals surface area contributed by atoms with Crippen molar-refractivity contribution in [2.24, 2.45) is 5.73 Å². The standard InChI is InChI=1S/C17H16BrN3/c18-14-6-4-5-13(11-14)12-16(19)17-9-10-20-21(17)15-7-2-1-3-8-15/h1-11,16H,12,19H2. The zero-order chi connectivity index (χ0) is 14.7. The number of para-hydroxylation sites is 1. The molecule has 0 amide bonds. The molecule has 0 aliphatic rings. The first kappa shape index (κ1) is 14.0. The summed E-state index contributed by atoms with van der Waals surface area (Å²) in [4.78, 5) is 0. The van der Waals surface area contributed by atoms with Crippen LogP contribution in [0.2, 0.25) is 0 Å². The average Bonchev–Trinajstić information content (AvgIpc) is 2.98. The van der Waals surface area contributed by atoms with Gasteiger partial charge in [-0.15, -0.1) is 0 Å². The van der Waals surface area contributed by atoms with E-state index >= 15 is 0 Å². The molecule has 2 aromatic carbocycles. The molecular weight excluding hydrogens is 326 g/mol. The fraction of sp³-hybridized carbons (Fsp3) is 0.118. The molecule has 3 aromatic rings. The zero-order valence-electron chi connectivity index (χ0n) is 11.5. The molecule has 1 atom stereocenters. The minimum atomic E-state index is -0.0954. The summed E-state index contributed by atoms with van der Waals surface area (Å²) in [5, 5.41) is 4.39. The van der Waals surface area contributed by atoms with Crippen molar-refractivity contribution in [3.05, 3.63) is 82.6 Å². The van der Waals surface area contributed by atoms with Gasteiger partial charge >= 0.3 is 0 Å². The molecule has 3 rings (SSSR count). The SMILES string of the molecule is NC(Cc1cccc(Br)c1)c1ccnn1-c1ccccc1. The maximum atomic E-state index is 6.38. The van der Waals surface area contributed by atoms with E-state index in [4.69, 9.17) is 5.73 Å². The third-order valence-corrected chi connectivity index (χ3v) is 3.89. The van der Waals surface area contributed by atoms with Gasteiger partial charge in [-0.3, -0.25) is 0 Å². The van der Waals surface area contributed by atoms with Crippen molar-refractivity contribution < 1.29 is 0 Å². The third-order valence-electron chi connectivity index (χ3n) is 3.40. The van der Waals surface area contributed by atoms with Crippen molar-refractivity contribution >= 4 is 15.9 Å². The van der Waals surface area contributed by atoms with Crippen LogP contribution in [0.3, 0.4) is 0 Å². The summed E-state index contributed by atoms with van der Waals surface area (Å²) < 4.78 is 2.98. The van der Waals surface area contributed by atoms with Gasteiger partial charge in [0.2, 0.25) is 0 Å². The van der Waals surface area contributed by atoms with Gasteiger partial charge < -0.3 is 5.73 Å². The summed E-state index contributed by atoms with van der Waals surface area (Å²) in [6.07, 6.45) is 2.57. The molecular formula is C17H16BrN3. The third kappa shape index (κ3) is 3.23. The molecule has 0 saturated carbocycles. The largest absolute Gasteiger partial charge is 0.322 e. The highest BCUT2D eigenvalue weighted by molar-refractivity contribution is 9.10. The lowest BCUT2D eigenvalue weighted by atomic mass is 10.0. The van der Waals surface area contributed by atoms with Crippen LogP contribution in [0.5, 0.6) is 0 Å². The molecule has 1 aromatic heterocycles. The van der Waals surface area contributed by atoms with Crippen molar-refractivity contribution in [2.75, 3.05) is 0 Å². The molecule has 21 heavy (non-hydrogen) atoms. The lowest BCUT2D eigenvalue weighted by Crippen LogP contribution is -2.17. The maximum Gasteiger partial charge on any atom is 0.0649 e. The summed E-state index contributed by atoms with van der Waals surface area (Å²) in [6, 6.07) is 20.2. The van der Waals surface area contributed by atoms with Gasteiger partial charge in [0, 0.05) is 10.7 Å². The van der Waals surface area contributed by atoms with Crippen LogP contribution in [-0.4, -0.2) is 9.78 Å². The van der Waals surface area contributed by atoms with E-state index in [0.29, 0.717) is 0 Å². The van der Waals surface area contributed by atoms with E-state index in [1.165, 1.54) is 5.56 Å². The highest BCUT2D eigenvalue weighted by Gasteiger charge is 2.13. The second-order valence-electron chi connectivity index (χ2n) is 4.94. The van der Waals surface area contributed by atoms with Crippen LogP contribution in [0.1, 0.15) is 17.3 Å². The quantitative estimate of drug-likeness (QED) is 0.782. The summed E-state index contributed by atoms with van der Waals surface area (Å²) in [7, 11) is 0. The zero-order valence-corrected chi connectivity index (χ0v) is 13.1. The first-order valence-electron chi connectivity index (χ1n) is 6.83. The van der Waals surface area contributed by atoms with E-state index in [1.54, 1.807) is 6.20 Å². The molecule has 0 aliphatic heterocycles. The Bertz CT molecular complexity index is 722. The summed E-state index contributed by atoms with van der Waals surface area (Å²) in [5.74, 6) is 0. The number of halogens is 1. The number of aromatic nitrogens is 2. The topological polar surface area (TPSA) is 43.8 Å². The lowest BCUT2D eigenvalue weighted by Gasteiger charge is -2.14. The number of hydrogen-bond donors (Lipinski definition) is 1. The van der Waals surface area contributed by atoms with Gasteiger partial charge in [0.25, 0.3) is 0 Å². The average molecular weight is 342 g/mol. The van der Waals surface area contributed by atoms with Gasteiger partial charge in [0.1, 0.15) is 0 Å². The Morgan fingerprint density at radius 1 is 1.05 bits per heavy atom. The van der Waals surface area contributed by atoms with Crippen LogP contribution < -0.4 is 5.73 Å². The molecule has 0 fully saturated rings. The molecule has 1 heterocycles. The molecule has 2 N–H and O–H groups in total. The lowest BCUT2D eigenvalue weighted by molar-refractivity contribution is 0.654. The summed E-state index contributed by atoms with van der Waals surface area (Å²) in [6.45, 7) is 0. The molecule has 0 spiro atoms. The van der Waals surface area contributed by atoms with Crippen molar-refractivity contribution in [1.29, 1.82) is 0 Å². The number of nitrogens with two attached hydrogens (primary N) is 1. The van der Waals surface area contributed by atoms with E-state index in [-0.39, 0.29) is 6.04 Å². The van der Waals surface area contributed by atoms with Crippen LogP contribution >= 0.6 is 15.9 Å². The van der Waals surface area contributed by atoms with E-state index in [9.17, 15) is 0 Å². The highest BCUT2D eigenvalue weighted by atomic mass is 79.9. The molecule has 106 valence electrons. The fourth-order valence-electron chi connectivity index (χ4n) is 2.40. The molecule has 0 bridgehead atoms. The predicted octanol–water partition coefficient (Wildman–Crippen LogP) is 3.88. The Kier molecular flexibility index (Phi) is 4.18. The van der Waals surface area contributed by atoms with Crippen molar-refractivity contribution in [3.8, 4) is 5.69 Å². The Labute approximate surface area is 132 Å². The van der Waals surface area contributed by atoms with Gasteiger partial charge in [-0.2, -0.15) is 5.10 Å². The Balaban J connectivity index is 1.86. The van der Waals surface area contributed by atoms with Gasteiger partial charge in [0.15, 0.2) is 0 Å². The van der Waals surface area contributed by atoms with E-state index in [1.807, 2.05) is 53.2 Å². The number of rotatable bonds is 4. The fourth-order valence-corrected chi connectivity index (χ4v) is 2.85. The minimum Gasteiger partial charge on any atom is -0.322 e. The monoisotopic (exact) mass is 341 g/mol. The summed E-state index contributed by atoms with van der Waals surface area (Å²) in [5.41, 5.74) is 9.63. The van der Waals surface area contributed by atoms with Gasteiger partial charge in [0.05, 0.1) is 17.4 Å². The van der Waals surface area contributed by atoms with Gasteiger partial charge in [-0.1, -0.05) is 46.3 Å². The van der Waals surface area contributed by atoms with Crippen LogP contribution in [0.15, 0.2) is 71.3 Å². The molecule has 1 unspecified atom stereocenters. The van der Waals surface area contributed by atoms with Crippen LogP contribution in [-0.2, 0) is 6.42 Å². The second kappa shape index (κ2) is 6.24. The maximum absolute atomic E-state index is 6.38. The number of nitrogens with zero attached hydrogens (tertiary/aromatic N) is 2. The van der Waals surface area contributed by atoms with E-state index < -0.39 is 0 Å². The van der Waals surface area contributed by atoms with Crippen molar-refractivity contribution in [3.63, 3.8) is 0 Å². The minimum absolute atomic E-state index is 0.0954. The van der Waals surface area contributed by atoms with Crippen LogP contribution in [0, 0.1) is 0 Å². The number of hydrogen-bond acceptors (Lipinski definition) is 2. The van der Waals surface area contributed by atoms with E-state index in [2.05, 4.69) is 33.2 Å². The normalized spacial score (nSPS) is 12.3. The smallest absolute Gasteiger partial charge is 0.0649 e. The van der Waals surface area contributed by atoms with Gasteiger partial charge in [-0.05, 0) is 42.3 Å². The molecule has 3 nitrogen and oxygen atoms in total. The van der Waals surface area contributed by atoms with Gasteiger partial charge in [-0.25, -0.2) is 4.68 Å². The van der Waals surface area contributed by atoms with Crippen LogP contribution in [0.4, 0.5) is 0 Å². The molecule has 0 radical (unpaired) electrons. The Morgan fingerprint density at radius 2 is 1.86 bits per heavy atom. The second-order valence-corrected chi connectivity index (χ2v) is 5.86. The van der Waals surface area contributed by atoms with Crippen molar-refractivity contribution in [1.82, 2.24) is 9.78 Å².